The summed E-state index contributed by atoms with van der Waals surface area (Å²) in [5.74, 6) is -0.769. The van der Waals surface area contributed by atoms with Crippen LogP contribution in [0.15, 0.2) is 36.7 Å². The summed E-state index contributed by atoms with van der Waals surface area (Å²) in [7, 11) is 0. The van der Waals surface area contributed by atoms with Gasteiger partial charge in [-0.25, -0.2) is 14.4 Å². The van der Waals surface area contributed by atoms with Gasteiger partial charge in [-0.15, -0.1) is 0 Å². The normalized spacial score (nSPS) is 13.8. The lowest BCUT2D eigenvalue weighted by molar-refractivity contribution is -0.0606. The van der Waals surface area contributed by atoms with Gasteiger partial charge in [-0.2, -0.15) is 0 Å². The van der Waals surface area contributed by atoms with E-state index in [0.717, 1.165) is 27.6 Å². The molecule has 0 saturated carbocycles. The van der Waals surface area contributed by atoms with Crippen molar-refractivity contribution < 1.29 is 23.9 Å². The Kier molecular flexibility index (Phi) is 6.08. The number of pyridine rings is 1. The molecule has 1 aliphatic rings. The number of carbonyl (C=O) groups is 1. The molecule has 4 rings (SSSR count). The highest BCUT2D eigenvalue weighted by Crippen LogP contribution is 2.31. The first-order valence-electron chi connectivity index (χ1n) is 9.98. The lowest BCUT2D eigenvalue weighted by Gasteiger charge is -2.23. The zero-order chi connectivity index (χ0) is 21.1. The standard InChI is InChI=1S/C22H24FN3O4/c1-2-29-9-10-30-14-16-13-25(12-15-3-5-17(23)6-4-15)19-11-24-21-18(20(16)19)7-8-26(28)22(21)27/h3-6,11,13,28H,2,7-10,12,14H2,1H3. The van der Waals surface area contributed by atoms with Crippen LogP contribution in [0.25, 0.3) is 10.9 Å². The Hall–Kier alpha value is -2.81. The first-order valence-corrected chi connectivity index (χ1v) is 9.98. The average Bonchev–Trinajstić information content (AvgIpc) is 3.10. The van der Waals surface area contributed by atoms with Gasteiger partial charge < -0.3 is 14.0 Å². The number of carbonyl (C=O) groups excluding carboxylic acids is 1. The molecule has 1 aliphatic heterocycles. The van der Waals surface area contributed by atoms with Crippen molar-refractivity contribution in [1.82, 2.24) is 14.6 Å². The van der Waals surface area contributed by atoms with E-state index >= 15 is 0 Å². The van der Waals surface area contributed by atoms with E-state index in [1.807, 2.05) is 17.7 Å². The highest BCUT2D eigenvalue weighted by atomic mass is 19.1. The minimum atomic E-state index is -0.493. The fourth-order valence-electron chi connectivity index (χ4n) is 3.78. The van der Waals surface area contributed by atoms with Gasteiger partial charge in [-0.1, -0.05) is 12.1 Å². The second kappa shape index (κ2) is 8.91. The van der Waals surface area contributed by atoms with Crippen LogP contribution in [0.4, 0.5) is 4.39 Å². The number of aromatic nitrogens is 2. The second-order valence-electron chi connectivity index (χ2n) is 7.18. The van der Waals surface area contributed by atoms with Crippen molar-refractivity contribution in [2.24, 2.45) is 0 Å². The summed E-state index contributed by atoms with van der Waals surface area (Å²) in [6.45, 7) is 4.69. The molecule has 0 atom stereocenters. The Labute approximate surface area is 173 Å². The second-order valence-corrected chi connectivity index (χ2v) is 7.18. The maximum Gasteiger partial charge on any atom is 0.296 e. The molecule has 0 spiro atoms. The highest BCUT2D eigenvalue weighted by Gasteiger charge is 2.28. The summed E-state index contributed by atoms with van der Waals surface area (Å²) < 4.78 is 26.4. The lowest BCUT2D eigenvalue weighted by atomic mass is 9.99. The third kappa shape index (κ3) is 4.07. The van der Waals surface area contributed by atoms with Crippen molar-refractivity contribution in [3.63, 3.8) is 0 Å². The summed E-state index contributed by atoms with van der Waals surface area (Å²) in [4.78, 5) is 16.7. The molecule has 0 bridgehead atoms. The molecule has 158 valence electrons. The molecule has 3 aromatic rings. The van der Waals surface area contributed by atoms with Gasteiger partial charge in [0.15, 0.2) is 0 Å². The van der Waals surface area contributed by atoms with Crippen LogP contribution in [-0.4, -0.2) is 52.1 Å². The van der Waals surface area contributed by atoms with Crippen LogP contribution in [0.5, 0.6) is 0 Å². The largest absolute Gasteiger partial charge is 0.379 e. The molecular formula is C22H24FN3O4. The molecule has 0 radical (unpaired) electrons. The van der Waals surface area contributed by atoms with Crippen LogP contribution in [0.3, 0.4) is 0 Å². The molecule has 1 N–H and O–H groups in total. The number of ether oxygens (including phenoxy) is 2. The Morgan fingerprint density at radius 1 is 1.20 bits per heavy atom. The van der Waals surface area contributed by atoms with Crippen LogP contribution in [-0.2, 0) is 29.0 Å². The van der Waals surface area contributed by atoms with E-state index in [1.54, 1.807) is 18.3 Å². The van der Waals surface area contributed by atoms with Crippen LogP contribution in [0.1, 0.15) is 34.1 Å². The van der Waals surface area contributed by atoms with Gasteiger partial charge in [0, 0.05) is 30.3 Å². The number of halogens is 1. The fraction of sp³-hybridized carbons (Fsp3) is 0.364. The van der Waals surface area contributed by atoms with Crippen LogP contribution in [0, 0.1) is 5.82 Å². The molecule has 0 fully saturated rings. The van der Waals surface area contributed by atoms with E-state index in [1.165, 1.54) is 12.1 Å². The zero-order valence-corrected chi connectivity index (χ0v) is 16.8. The van der Waals surface area contributed by atoms with E-state index in [2.05, 4.69) is 4.98 Å². The van der Waals surface area contributed by atoms with E-state index < -0.39 is 5.91 Å². The third-order valence-electron chi connectivity index (χ3n) is 5.21. The first-order chi connectivity index (χ1) is 14.6. The van der Waals surface area contributed by atoms with Crippen molar-refractivity contribution in [3.8, 4) is 0 Å². The Bertz CT molecular complexity index is 1050. The summed E-state index contributed by atoms with van der Waals surface area (Å²) >= 11 is 0. The number of hydrogen-bond donors (Lipinski definition) is 1. The van der Waals surface area contributed by atoms with Gasteiger partial charge in [-0.05, 0) is 36.6 Å². The maximum absolute atomic E-state index is 13.3. The third-order valence-corrected chi connectivity index (χ3v) is 5.21. The summed E-state index contributed by atoms with van der Waals surface area (Å²) in [6.07, 6.45) is 4.15. The molecule has 1 aromatic carbocycles. The molecule has 0 unspecified atom stereocenters. The fourth-order valence-corrected chi connectivity index (χ4v) is 3.78. The van der Waals surface area contributed by atoms with Crippen molar-refractivity contribution >= 4 is 16.8 Å². The number of fused-ring (bicyclic) bond motifs is 3. The van der Waals surface area contributed by atoms with Gasteiger partial charge in [0.25, 0.3) is 5.91 Å². The average molecular weight is 413 g/mol. The van der Waals surface area contributed by atoms with Gasteiger partial charge in [0.05, 0.1) is 38.1 Å². The van der Waals surface area contributed by atoms with Crippen LogP contribution >= 0.6 is 0 Å². The molecular weight excluding hydrogens is 389 g/mol. The quantitative estimate of drug-likeness (QED) is 0.453. The van der Waals surface area contributed by atoms with Crippen LogP contribution < -0.4 is 0 Å². The molecule has 0 saturated heterocycles. The number of amides is 1. The predicted molar refractivity (Wildman–Crippen MR) is 108 cm³/mol. The minimum Gasteiger partial charge on any atom is -0.379 e. The summed E-state index contributed by atoms with van der Waals surface area (Å²) in [5, 5.41) is 11.4. The molecule has 0 aliphatic carbocycles. The Morgan fingerprint density at radius 3 is 2.73 bits per heavy atom. The SMILES string of the molecule is CCOCCOCc1cn(Cc2ccc(F)cc2)c2cnc3c(c12)CCN(O)C3=O. The lowest BCUT2D eigenvalue weighted by Crippen LogP contribution is -2.35. The van der Waals surface area contributed by atoms with Gasteiger partial charge in [0.2, 0.25) is 0 Å². The van der Waals surface area contributed by atoms with Crippen molar-refractivity contribution in [3.05, 3.63) is 64.9 Å². The topological polar surface area (TPSA) is 76.8 Å². The maximum atomic E-state index is 13.3. The summed E-state index contributed by atoms with van der Waals surface area (Å²) in [6, 6.07) is 6.37. The zero-order valence-electron chi connectivity index (χ0n) is 16.8. The number of nitrogens with zero attached hydrogens (tertiary/aromatic N) is 3. The monoisotopic (exact) mass is 413 g/mol. The molecule has 3 heterocycles. The van der Waals surface area contributed by atoms with E-state index in [-0.39, 0.29) is 18.1 Å². The van der Waals surface area contributed by atoms with Crippen LogP contribution in [0.2, 0.25) is 0 Å². The van der Waals surface area contributed by atoms with Crippen molar-refractivity contribution in [2.45, 2.75) is 26.5 Å². The number of hydrogen-bond acceptors (Lipinski definition) is 5. The van der Waals surface area contributed by atoms with Crippen molar-refractivity contribution in [1.29, 1.82) is 0 Å². The highest BCUT2D eigenvalue weighted by molar-refractivity contribution is 6.00. The first kappa shape index (κ1) is 20.5. The Balaban J connectivity index is 1.71. The Morgan fingerprint density at radius 2 is 1.97 bits per heavy atom. The van der Waals surface area contributed by atoms with Gasteiger partial charge in [0.1, 0.15) is 11.5 Å². The number of benzene rings is 1. The smallest absolute Gasteiger partial charge is 0.296 e. The van der Waals surface area contributed by atoms with Gasteiger partial charge in [-0.3, -0.25) is 10.0 Å². The molecule has 7 nitrogen and oxygen atoms in total. The number of rotatable bonds is 8. The van der Waals surface area contributed by atoms with E-state index in [9.17, 15) is 14.4 Å². The summed E-state index contributed by atoms with van der Waals surface area (Å²) in [5.41, 5.74) is 3.87. The van der Waals surface area contributed by atoms with E-state index in [4.69, 9.17) is 9.47 Å². The van der Waals surface area contributed by atoms with Crippen molar-refractivity contribution in [2.75, 3.05) is 26.4 Å². The molecule has 30 heavy (non-hydrogen) atoms. The minimum absolute atomic E-state index is 0.223. The van der Waals surface area contributed by atoms with Gasteiger partial charge >= 0.3 is 0 Å². The molecule has 1 amide bonds. The molecule has 8 heteroatoms. The molecule has 2 aromatic heterocycles. The number of hydroxylamine groups is 2. The van der Waals surface area contributed by atoms with E-state index in [0.29, 0.717) is 44.5 Å². The predicted octanol–water partition coefficient (Wildman–Crippen LogP) is 3.16.